The topological polar surface area (TPSA) is 50.7 Å². The number of fused-ring (bicyclic) bond motifs is 1. The summed E-state index contributed by atoms with van der Waals surface area (Å²) in [7, 11) is 0. The van der Waals surface area contributed by atoms with E-state index in [0.717, 1.165) is 34.2 Å². The van der Waals surface area contributed by atoms with Gasteiger partial charge in [0.1, 0.15) is 16.3 Å². The molecule has 140 valence electrons. The molecule has 28 heavy (non-hydrogen) atoms. The summed E-state index contributed by atoms with van der Waals surface area (Å²) in [6, 6.07) is 16.3. The number of aromatic nitrogens is 3. The Labute approximate surface area is 168 Å². The molecule has 0 amide bonds. The van der Waals surface area contributed by atoms with Crippen LogP contribution in [0.2, 0.25) is 0 Å². The third-order valence-corrected chi connectivity index (χ3v) is 6.06. The predicted octanol–water partition coefficient (Wildman–Crippen LogP) is 6.02. The molecule has 0 spiro atoms. The van der Waals surface area contributed by atoms with E-state index >= 15 is 0 Å². The fourth-order valence-corrected chi connectivity index (χ4v) is 4.46. The molecule has 3 heterocycles. The molecule has 1 N–H and O–H groups in total. The molecule has 0 atom stereocenters. The molecule has 0 aliphatic heterocycles. The summed E-state index contributed by atoms with van der Waals surface area (Å²) in [6.45, 7) is 0.939. The molecule has 1 fully saturated rings. The van der Waals surface area contributed by atoms with E-state index in [0.29, 0.717) is 5.82 Å². The quantitative estimate of drug-likeness (QED) is 0.394. The molecular weight excluding hydrogens is 364 g/mol. The zero-order chi connectivity index (χ0) is 18.8. The van der Waals surface area contributed by atoms with E-state index in [2.05, 4.69) is 39.9 Å². The van der Waals surface area contributed by atoms with Crippen LogP contribution in [0.1, 0.15) is 25.7 Å². The van der Waals surface area contributed by atoms with Crippen LogP contribution in [0.3, 0.4) is 0 Å². The van der Waals surface area contributed by atoms with Gasteiger partial charge in [-0.15, -0.1) is 11.3 Å². The number of hydrogen-bond donors (Lipinski definition) is 1. The van der Waals surface area contributed by atoms with Crippen LogP contribution in [0.4, 0.5) is 5.82 Å². The summed E-state index contributed by atoms with van der Waals surface area (Å²) < 4.78 is 0. The van der Waals surface area contributed by atoms with Crippen molar-refractivity contribution in [2.45, 2.75) is 25.7 Å². The Bertz CT molecular complexity index is 1070. The van der Waals surface area contributed by atoms with E-state index in [9.17, 15) is 0 Å². The summed E-state index contributed by atoms with van der Waals surface area (Å²) in [5.41, 5.74) is 3.20. The van der Waals surface area contributed by atoms with Crippen LogP contribution in [0.5, 0.6) is 0 Å². The van der Waals surface area contributed by atoms with Crippen molar-refractivity contribution in [3.8, 4) is 22.6 Å². The summed E-state index contributed by atoms with van der Waals surface area (Å²) in [4.78, 5) is 15.1. The lowest BCUT2D eigenvalue weighted by atomic mass is 10.1. The highest BCUT2D eigenvalue weighted by Gasteiger charge is 2.20. The molecule has 4 nitrogen and oxygen atoms in total. The maximum atomic E-state index is 4.88. The van der Waals surface area contributed by atoms with E-state index in [1.165, 1.54) is 36.8 Å². The van der Waals surface area contributed by atoms with Gasteiger partial charge in [-0.3, -0.25) is 4.98 Å². The van der Waals surface area contributed by atoms with Gasteiger partial charge in [0.2, 0.25) is 0 Å². The molecule has 3 aromatic heterocycles. The van der Waals surface area contributed by atoms with Crippen molar-refractivity contribution < 1.29 is 0 Å². The van der Waals surface area contributed by atoms with E-state index in [1.807, 2.05) is 24.3 Å². The smallest absolute Gasteiger partial charge is 0.181 e. The molecule has 1 aliphatic carbocycles. The zero-order valence-corrected chi connectivity index (χ0v) is 16.5. The number of pyridine rings is 1. The Morgan fingerprint density at radius 3 is 2.64 bits per heavy atom. The summed E-state index contributed by atoms with van der Waals surface area (Å²) in [5.74, 6) is 2.55. The van der Waals surface area contributed by atoms with E-state index in [-0.39, 0.29) is 0 Å². The molecule has 0 unspecified atom stereocenters. The normalized spacial score (nSPS) is 13.7. The summed E-state index contributed by atoms with van der Waals surface area (Å²) >= 11 is 1.67. The lowest BCUT2D eigenvalue weighted by molar-refractivity contribution is 0.687. The highest BCUT2D eigenvalue weighted by atomic mass is 32.1. The number of rotatable bonds is 7. The minimum atomic E-state index is 0.680. The monoisotopic (exact) mass is 386 g/mol. The van der Waals surface area contributed by atoms with Gasteiger partial charge in [-0.25, -0.2) is 9.97 Å². The molecule has 4 aromatic rings. The molecule has 0 saturated heterocycles. The Morgan fingerprint density at radius 1 is 1.00 bits per heavy atom. The van der Waals surface area contributed by atoms with E-state index in [4.69, 9.17) is 9.97 Å². The first-order valence-corrected chi connectivity index (χ1v) is 10.8. The molecule has 1 saturated carbocycles. The van der Waals surface area contributed by atoms with Crippen LogP contribution in [0.15, 0.2) is 60.1 Å². The lowest BCUT2D eigenvalue weighted by Crippen LogP contribution is -2.06. The Morgan fingerprint density at radius 2 is 1.86 bits per heavy atom. The van der Waals surface area contributed by atoms with Crippen molar-refractivity contribution >= 4 is 27.4 Å². The van der Waals surface area contributed by atoms with Crippen molar-refractivity contribution in [3.63, 3.8) is 0 Å². The van der Waals surface area contributed by atoms with Crippen LogP contribution in [0.25, 0.3) is 32.9 Å². The predicted molar refractivity (Wildman–Crippen MR) is 117 cm³/mol. The number of benzene rings is 1. The number of anilines is 1. The first kappa shape index (κ1) is 17.3. The molecule has 5 rings (SSSR count). The maximum Gasteiger partial charge on any atom is 0.181 e. The van der Waals surface area contributed by atoms with Crippen molar-refractivity contribution in [1.29, 1.82) is 0 Å². The summed E-state index contributed by atoms with van der Waals surface area (Å²) in [5, 5.41) is 6.91. The van der Waals surface area contributed by atoms with Gasteiger partial charge < -0.3 is 5.32 Å². The first-order valence-electron chi connectivity index (χ1n) is 9.88. The van der Waals surface area contributed by atoms with Crippen LogP contribution >= 0.6 is 11.3 Å². The van der Waals surface area contributed by atoms with Gasteiger partial charge >= 0.3 is 0 Å². The van der Waals surface area contributed by atoms with Gasteiger partial charge in [0.25, 0.3) is 0 Å². The molecule has 5 heteroatoms. The van der Waals surface area contributed by atoms with Gasteiger partial charge in [-0.2, -0.15) is 0 Å². The largest absolute Gasteiger partial charge is 0.369 e. The highest BCUT2D eigenvalue weighted by molar-refractivity contribution is 7.17. The second-order valence-corrected chi connectivity index (χ2v) is 8.18. The number of nitrogens with zero attached hydrogens (tertiary/aromatic N) is 3. The van der Waals surface area contributed by atoms with Crippen molar-refractivity contribution in [2.24, 2.45) is 5.92 Å². The van der Waals surface area contributed by atoms with Crippen LogP contribution in [-0.2, 0) is 0 Å². The van der Waals surface area contributed by atoms with Crippen LogP contribution < -0.4 is 5.32 Å². The average Bonchev–Trinajstić information content (AvgIpc) is 3.48. The van der Waals surface area contributed by atoms with Gasteiger partial charge in [0, 0.05) is 23.7 Å². The van der Waals surface area contributed by atoms with Gasteiger partial charge in [0.15, 0.2) is 5.82 Å². The summed E-state index contributed by atoms with van der Waals surface area (Å²) in [6.07, 6.45) is 7.09. The molecule has 1 aromatic carbocycles. The highest BCUT2D eigenvalue weighted by Crippen LogP contribution is 2.38. The Kier molecular flexibility index (Phi) is 4.75. The van der Waals surface area contributed by atoms with E-state index in [1.54, 1.807) is 17.5 Å². The Balaban J connectivity index is 1.55. The maximum absolute atomic E-state index is 4.88. The molecule has 1 aliphatic rings. The second-order valence-electron chi connectivity index (χ2n) is 7.32. The minimum Gasteiger partial charge on any atom is -0.369 e. The van der Waals surface area contributed by atoms with Crippen molar-refractivity contribution in [1.82, 2.24) is 15.0 Å². The van der Waals surface area contributed by atoms with E-state index < -0.39 is 0 Å². The fourth-order valence-electron chi connectivity index (χ4n) is 3.51. The van der Waals surface area contributed by atoms with Crippen molar-refractivity contribution in [2.75, 3.05) is 11.9 Å². The zero-order valence-electron chi connectivity index (χ0n) is 15.6. The van der Waals surface area contributed by atoms with Gasteiger partial charge in [0.05, 0.1) is 5.39 Å². The lowest BCUT2D eigenvalue weighted by Gasteiger charge is -2.10. The average molecular weight is 387 g/mol. The first-order chi connectivity index (χ1) is 13.9. The fraction of sp³-hybridized carbons (Fsp3) is 0.261. The number of thiophene rings is 1. The standard InChI is InChI=1S/C23H22N4S/c1-2-8-17(9-3-1)18-15-28-23-20(18)22(25-14-6-7-16-11-12-16)26-21(27-23)19-10-4-5-13-24-19/h1-5,8-10,13,15-16H,6-7,11-12,14H2,(H,25,26,27). The van der Waals surface area contributed by atoms with Crippen LogP contribution in [0, 0.1) is 5.92 Å². The molecular formula is C23H22N4S. The minimum absolute atomic E-state index is 0.680. The van der Waals surface area contributed by atoms with Gasteiger partial charge in [-0.1, -0.05) is 49.2 Å². The SMILES string of the molecule is c1ccc(-c2csc3nc(-c4ccccn4)nc(NCCCC4CC4)c23)cc1. The number of hydrogen-bond acceptors (Lipinski definition) is 5. The third-order valence-electron chi connectivity index (χ3n) is 5.19. The Hall–Kier alpha value is -2.79. The number of nitrogens with one attached hydrogen (secondary N) is 1. The van der Waals surface area contributed by atoms with Gasteiger partial charge in [-0.05, 0) is 36.5 Å². The molecule has 0 bridgehead atoms. The van der Waals surface area contributed by atoms with Crippen LogP contribution in [-0.4, -0.2) is 21.5 Å². The molecule has 0 radical (unpaired) electrons. The third kappa shape index (κ3) is 3.62. The second kappa shape index (κ2) is 7.68. The van der Waals surface area contributed by atoms with Crippen molar-refractivity contribution in [3.05, 3.63) is 60.1 Å².